The normalized spacial score (nSPS) is 10.3. The van der Waals surface area contributed by atoms with Crippen molar-refractivity contribution in [3.63, 3.8) is 0 Å². The topological polar surface area (TPSA) is 185 Å². The number of hydrogen-bond donors (Lipinski definition) is 1. The minimum atomic E-state index is -1.04. The summed E-state index contributed by atoms with van der Waals surface area (Å²) in [5.74, 6) is 0. The van der Waals surface area contributed by atoms with E-state index in [0.29, 0.717) is 12.1 Å². The number of nitro benzene ring substituents is 4. The third-order valence-electron chi connectivity index (χ3n) is 3.18. The molecule has 13 nitrogen and oxygen atoms in total. The predicted octanol–water partition coefficient (Wildman–Crippen LogP) is 4.48. The molecule has 0 aliphatic heterocycles. The molecule has 0 saturated carbocycles. The SMILES string of the molecule is O=[N+]([O-])c1cc([N+](=O)[O-])c(Nc2cc(Br)c([N+](=O)[O-])cc2Cl)c([N+](=O)[O-])c1. The Bertz CT molecular complexity index is 979. The fourth-order valence-corrected chi connectivity index (χ4v) is 2.72. The maximum Gasteiger partial charge on any atom is 0.306 e. The second-order valence-corrected chi connectivity index (χ2v) is 6.06. The maximum absolute atomic E-state index is 11.2. The summed E-state index contributed by atoms with van der Waals surface area (Å²) in [6.45, 7) is 0. The Kier molecular flexibility index (Phi) is 5.51. The number of halogens is 2. The van der Waals surface area contributed by atoms with Crippen LogP contribution in [0.4, 0.5) is 34.1 Å². The van der Waals surface area contributed by atoms with Crippen molar-refractivity contribution in [2.24, 2.45) is 0 Å². The number of rotatable bonds is 6. The fraction of sp³-hybridized carbons (Fsp3) is 0. The zero-order chi connectivity index (χ0) is 20.5. The van der Waals surface area contributed by atoms with Gasteiger partial charge in [-0.25, -0.2) is 0 Å². The molecule has 2 aromatic carbocycles. The van der Waals surface area contributed by atoms with Gasteiger partial charge in [-0.05, 0) is 22.0 Å². The monoisotopic (exact) mass is 461 g/mol. The average molecular weight is 463 g/mol. The quantitative estimate of drug-likeness (QED) is 0.477. The third-order valence-corrected chi connectivity index (χ3v) is 4.13. The van der Waals surface area contributed by atoms with E-state index in [9.17, 15) is 40.5 Å². The van der Waals surface area contributed by atoms with Gasteiger partial charge in [-0.1, -0.05) is 11.6 Å². The lowest BCUT2D eigenvalue weighted by molar-refractivity contribution is -0.401. The van der Waals surface area contributed by atoms with Crippen molar-refractivity contribution >= 4 is 61.7 Å². The van der Waals surface area contributed by atoms with Crippen LogP contribution < -0.4 is 5.32 Å². The van der Waals surface area contributed by atoms with Gasteiger partial charge >= 0.3 is 11.4 Å². The molecule has 0 spiro atoms. The van der Waals surface area contributed by atoms with Crippen LogP contribution in [0.15, 0.2) is 28.7 Å². The van der Waals surface area contributed by atoms with E-state index in [1.165, 1.54) is 0 Å². The van der Waals surface area contributed by atoms with Crippen molar-refractivity contribution in [3.8, 4) is 0 Å². The maximum atomic E-state index is 11.2. The molecule has 0 aliphatic rings. The first kappa shape index (κ1) is 19.9. The van der Waals surface area contributed by atoms with Crippen LogP contribution in [0.5, 0.6) is 0 Å². The summed E-state index contributed by atoms with van der Waals surface area (Å²) >= 11 is 8.83. The van der Waals surface area contributed by atoms with Gasteiger partial charge < -0.3 is 5.32 Å². The molecule has 0 aromatic heterocycles. The van der Waals surface area contributed by atoms with Crippen LogP contribution in [0.3, 0.4) is 0 Å². The van der Waals surface area contributed by atoms with E-state index in [-0.39, 0.29) is 15.2 Å². The number of hydrogen-bond acceptors (Lipinski definition) is 9. The molecule has 140 valence electrons. The highest BCUT2D eigenvalue weighted by Crippen LogP contribution is 2.42. The van der Waals surface area contributed by atoms with Crippen LogP contribution in [-0.4, -0.2) is 19.7 Å². The van der Waals surface area contributed by atoms with Crippen LogP contribution in [0.1, 0.15) is 0 Å². The molecule has 0 unspecified atom stereocenters. The molecule has 0 atom stereocenters. The molecule has 0 heterocycles. The summed E-state index contributed by atoms with van der Waals surface area (Å²) < 4.78 is -0.0494. The highest BCUT2D eigenvalue weighted by Gasteiger charge is 2.31. The second-order valence-electron chi connectivity index (χ2n) is 4.80. The van der Waals surface area contributed by atoms with Crippen molar-refractivity contribution < 1.29 is 19.7 Å². The van der Waals surface area contributed by atoms with Crippen LogP contribution >= 0.6 is 27.5 Å². The van der Waals surface area contributed by atoms with E-state index in [0.717, 1.165) is 12.1 Å². The third kappa shape index (κ3) is 4.06. The fourth-order valence-electron chi connectivity index (χ4n) is 2.03. The van der Waals surface area contributed by atoms with E-state index in [1.54, 1.807) is 0 Å². The molecule has 27 heavy (non-hydrogen) atoms. The molecular weight excluding hydrogens is 458 g/mol. The molecule has 2 rings (SSSR count). The van der Waals surface area contributed by atoms with Gasteiger partial charge in [0.05, 0.1) is 47.0 Å². The van der Waals surface area contributed by atoms with Gasteiger partial charge in [0.15, 0.2) is 5.69 Å². The van der Waals surface area contributed by atoms with Crippen molar-refractivity contribution in [1.82, 2.24) is 0 Å². The van der Waals surface area contributed by atoms with E-state index in [2.05, 4.69) is 21.2 Å². The lowest BCUT2D eigenvalue weighted by Crippen LogP contribution is -2.04. The molecular formula is C12H5BrClN5O8. The minimum absolute atomic E-state index is 0.0494. The van der Waals surface area contributed by atoms with Gasteiger partial charge in [-0.2, -0.15) is 0 Å². The minimum Gasteiger partial charge on any atom is -0.343 e. The molecule has 0 bridgehead atoms. The zero-order valence-electron chi connectivity index (χ0n) is 12.6. The highest BCUT2D eigenvalue weighted by molar-refractivity contribution is 9.10. The summed E-state index contributed by atoms with van der Waals surface area (Å²) in [5, 5.41) is 46.3. The Morgan fingerprint density at radius 3 is 1.67 bits per heavy atom. The molecule has 0 amide bonds. The first-order valence-electron chi connectivity index (χ1n) is 6.54. The largest absolute Gasteiger partial charge is 0.343 e. The van der Waals surface area contributed by atoms with Gasteiger partial charge in [-0.15, -0.1) is 0 Å². The summed E-state index contributed by atoms with van der Waals surface area (Å²) in [6, 6.07) is 3.11. The van der Waals surface area contributed by atoms with Crippen molar-refractivity contribution in [1.29, 1.82) is 0 Å². The summed E-state index contributed by atoms with van der Waals surface area (Å²) in [5.41, 5.74) is -3.94. The lowest BCUT2D eigenvalue weighted by Gasteiger charge is -2.10. The Morgan fingerprint density at radius 1 is 0.778 bits per heavy atom. The molecule has 2 aromatic rings. The Labute approximate surface area is 161 Å². The Hall–Kier alpha value is -3.39. The number of nitrogens with one attached hydrogen (secondary N) is 1. The van der Waals surface area contributed by atoms with Crippen LogP contribution in [-0.2, 0) is 0 Å². The summed E-state index contributed by atoms with van der Waals surface area (Å²) in [6.07, 6.45) is 0. The van der Waals surface area contributed by atoms with E-state index in [4.69, 9.17) is 11.6 Å². The molecule has 0 saturated heterocycles. The molecule has 0 fully saturated rings. The molecule has 0 radical (unpaired) electrons. The molecule has 0 aliphatic carbocycles. The second kappa shape index (κ2) is 7.46. The average Bonchev–Trinajstić information content (AvgIpc) is 2.56. The van der Waals surface area contributed by atoms with Crippen molar-refractivity contribution in [2.45, 2.75) is 0 Å². The standard InChI is InChI=1S/C12H5BrClN5O8/c13-6-3-8(7(14)4-9(6)17(22)23)15-12-10(18(24)25)1-5(16(20)21)2-11(12)19(26)27/h1-4,15H. The van der Waals surface area contributed by atoms with E-state index in [1.807, 2.05) is 0 Å². The number of nitro groups is 4. The van der Waals surface area contributed by atoms with Gasteiger partial charge in [0.1, 0.15) is 0 Å². The Morgan fingerprint density at radius 2 is 1.26 bits per heavy atom. The van der Waals surface area contributed by atoms with Crippen LogP contribution in [0.2, 0.25) is 5.02 Å². The van der Waals surface area contributed by atoms with Crippen molar-refractivity contribution in [2.75, 3.05) is 5.32 Å². The zero-order valence-corrected chi connectivity index (χ0v) is 15.0. The number of benzene rings is 2. The lowest BCUT2D eigenvalue weighted by atomic mass is 10.2. The van der Waals surface area contributed by atoms with Gasteiger partial charge in [0, 0.05) is 6.07 Å². The number of non-ortho nitro benzene ring substituents is 1. The summed E-state index contributed by atoms with van der Waals surface area (Å²) in [7, 11) is 0. The van der Waals surface area contributed by atoms with E-state index >= 15 is 0 Å². The van der Waals surface area contributed by atoms with Crippen LogP contribution in [0, 0.1) is 40.5 Å². The van der Waals surface area contributed by atoms with Crippen LogP contribution in [0.25, 0.3) is 0 Å². The number of anilines is 2. The number of nitrogens with zero attached hydrogens (tertiary/aromatic N) is 4. The van der Waals surface area contributed by atoms with Gasteiger partial charge in [-0.3, -0.25) is 40.5 Å². The first-order chi connectivity index (χ1) is 12.5. The van der Waals surface area contributed by atoms with Gasteiger partial charge in [0.25, 0.3) is 11.4 Å². The van der Waals surface area contributed by atoms with Gasteiger partial charge in [0.2, 0.25) is 0 Å². The predicted molar refractivity (Wildman–Crippen MR) is 95.5 cm³/mol. The first-order valence-corrected chi connectivity index (χ1v) is 7.71. The van der Waals surface area contributed by atoms with E-state index < -0.39 is 48.1 Å². The summed E-state index contributed by atoms with van der Waals surface area (Å²) in [4.78, 5) is 40.4. The molecule has 15 heteroatoms. The van der Waals surface area contributed by atoms with Crippen molar-refractivity contribution in [3.05, 3.63) is 74.2 Å². The smallest absolute Gasteiger partial charge is 0.306 e. The highest BCUT2D eigenvalue weighted by atomic mass is 79.9. The molecule has 1 N–H and O–H groups in total. The Balaban J connectivity index is 2.70.